The topological polar surface area (TPSA) is 182 Å². The zero-order chi connectivity index (χ0) is 9.94. The molecule has 0 rings (SSSR count). The van der Waals surface area contributed by atoms with E-state index in [1.807, 2.05) is 0 Å². The van der Waals surface area contributed by atoms with Gasteiger partial charge in [-0.05, 0) is 0 Å². The van der Waals surface area contributed by atoms with Gasteiger partial charge in [0.15, 0.2) is 0 Å². The van der Waals surface area contributed by atoms with Gasteiger partial charge >= 0.3 is 17.9 Å². The summed E-state index contributed by atoms with van der Waals surface area (Å²) in [5, 5.41) is 25.0. The van der Waals surface area contributed by atoms with E-state index in [-0.39, 0.29) is 12.3 Å². The van der Waals surface area contributed by atoms with Crippen LogP contribution in [0.3, 0.4) is 0 Å². The largest absolute Gasteiger partial charge is 0.480 e. The Morgan fingerprint density at radius 2 is 1.14 bits per heavy atom. The molecule has 0 spiro atoms. The van der Waals surface area contributed by atoms with Gasteiger partial charge in [-0.25, -0.2) is 0 Å². The van der Waals surface area contributed by atoms with Gasteiger partial charge in [-0.15, -0.1) is 6.58 Å². The maximum atomic E-state index is 10.3. The molecule has 0 unspecified atom stereocenters. The number of rotatable bonds is 4. The van der Waals surface area contributed by atoms with Crippen molar-refractivity contribution in [2.24, 2.45) is 5.41 Å². The Labute approximate surface area is 79.0 Å². The summed E-state index contributed by atoms with van der Waals surface area (Å²) in [5.41, 5.74) is -2.94. The first-order chi connectivity index (χ1) is 5.39. The molecule has 0 aliphatic carbocycles. The Morgan fingerprint density at radius 1 is 0.929 bits per heavy atom. The van der Waals surface area contributed by atoms with Crippen LogP contribution in [0.2, 0.25) is 0 Å². The third-order valence-corrected chi connectivity index (χ3v) is 1.32. The smallest absolute Gasteiger partial charge is 0.336 e. The highest BCUT2D eigenvalue weighted by atomic mass is 16.4. The zero-order valence-corrected chi connectivity index (χ0v) is 7.27. The number of hydrogen-bond donors (Lipinski definition) is 5. The molecule has 0 bridgehead atoms. The fraction of sp³-hybridized carbons (Fsp3) is 0.167. The molecule has 0 radical (unpaired) electrons. The average molecular weight is 208 g/mol. The number of carboxylic acid groups (broad SMARTS) is 3. The maximum absolute atomic E-state index is 10.3. The van der Waals surface area contributed by atoms with E-state index < -0.39 is 23.3 Å². The molecule has 0 aliphatic heterocycles. The van der Waals surface area contributed by atoms with E-state index in [2.05, 4.69) is 6.58 Å². The van der Waals surface area contributed by atoms with Gasteiger partial charge in [0.05, 0.1) is 0 Å². The molecular weight excluding hydrogens is 196 g/mol. The Bertz CT molecular complexity index is 225. The second-order valence-corrected chi connectivity index (χ2v) is 1.93. The van der Waals surface area contributed by atoms with Crippen LogP contribution in [0, 0.1) is 5.41 Å². The van der Waals surface area contributed by atoms with Crippen LogP contribution in [0.1, 0.15) is 0 Å². The Hall–Kier alpha value is -1.93. The SMILES string of the molecule is C=CC(C(=O)O)(C(=O)O)C(=O)O.N.N. The van der Waals surface area contributed by atoms with E-state index in [1.165, 1.54) is 0 Å². The Morgan fingerprint density at radius 3 is 1.14 bits per heavy atom. The minimum Gasteiger partial charge on any atom is -0.480 e. The summed E-state index contributed by atoms with van der Waals surface area (Å²) in [6.45, 7) is 2.85. The van der Waals surface area contributed by atoms with Gasteiger partial charge in [0.2, 0.25) is 0 Å². The van der Waals surface area contributed by atoms with Crippen LogP contribution < -0.4 is 12.3 Å². The molecule has 9 N–H and O–H groups in total. The first kappa shape index (κ1) is 18.0. The van der Waals surface area contributed by atoms with Crippen molar-refractivity contribution < 1.29 is 29.7 Å². The highest BCUT2D eigenvalue weighted by Crippen LogP contribution is 2.19. The lowest BCUT2D eigenvalue weighted by molar-refractivity contribution is -0.171. The summed E-state index contributed by atoms with van der Waals surface area (Å²) in [7, 11) is 0. The van der Waals surface area contributed by atoms with Crippen LogP contribution in [0.4, 0.5) is 0 Å². The monoisotopic (exact) mass is 208 g/mol. The molecule has 14 heavy (non-hydrogen) atoms. The lowest BCUT2D eigenvalue weighted by Gasteiger charge is -2.13. The molecule has 0 heterocycles. The van der Waals surface area contributed by atoms with E-state index in [1.54, 1.807) is 0 Å². The van der Waals surface area contributed by atoms with Crippen molar-refractivity contribution in [3.63, 3.8) is 0 Å². The fourth-order valence-electron chi connectivity index (χ4n) is 0.536. The van der Waals surface area contributed by atoms with Gasteiger partial charge in [-0.3, -0.25) is 14.4 Å². The minimum absolute atomic E-state index is 0. The molecule has 82 valence electrons. The van der Waals surface area contributed by atoms with Crippen LogP contribution in [0.5, 0.6) is 0 Å². The quantitative estimate of drug-likeness (QED) is 0.309. The van der Waals surface area contributed by atoms with Gasteiger partial charge in [0.25, 0.3) is 5.41 Å². The van der Waals surface area contributed by atoms with Crippen LogP contribution >= 0.6 is 0 Å². The Balaban J connectivity index is -0.000000605. The van der Waals surface area contributed by atoms with E-state index >= 15 is 0 Å². The van der Waals surface area contributed by atoms with Gasteiger partial charge in [0, 0.05) is 0 Å². The summed E-state index contributed by atoms with van der Waals surface area (Å²) < 4.78 is 0. The van der Waals surface area contributed by atoms with Crippen molar-refractivity contribution in [2.45, 2.75) is 0 Å². The maximum Gasteiger partial charge on any atom is 0.336 e. The Kier molecular flexibility index (Phi) is 7.28. The normalized spacial score (nSPS) is 8.86. The molecule has 0 aromatic heterocycles. The molecular formula is C6H12N2O6. The highest BCUT2D eigenvalue weighted by molar-refractivity contribution is 6.18. The van der Waals surface area contributed by atoms with E-state index in [0.717, 1.165) is 0 Å². The second-order valence-electron chi connectivity index (χ2n) is 1.93. The molecule has 0 saturated carbocycles. The predicted octanol–water partition coefficient (Wildman–Crippen LogP) is -0.263. The molecule has 8 nitrogen and oxygen atoms in total. The standard InChI is InChI=1S/C6H6O6.2H3N/c1-2-6(3(7)8,4(9)10)5(11)12;;/h2H,1H2,(H,7,8)(H,9,10)(H,11,12);2*1H3. The van der Waals surface area contributed by atoms with Gasteiger partial charge in [0.1, 0.15) is 0 Å². The van der Waals surface area contributed by atoms with Crippen LogP contribution in [0.15, 0.2) is 12.7 Å². The van der Waals surface area contributed by atoms with Crippen molar-refractivity contribution in [1.82, 2.24) is 12.3 Å². The van der Waals surface area contributed by atoms with Gasteiger partial charge < -0.3 is 27.6 Å². The van der Waals surface area contributed by atoms with Crippen molar-refractivity contribution in [1.29, 1.82) is 0 Å². The number of carbonyl (C=O) groups is 3. The van der Waals surface area contributed by atoms with E-state index in [0.29, 0.717) is 6.08 Å². The summed E-state index contributed by atoms with van der Waals surface area (Å²) in [4.78, 5) is 30.9. The van der Waals surface area contributed by atoms with Gasteiger partial charge in [-0.2, -0.15) is 0 Å². The van der Waals surface area contributed by atoms with Crippen molar-refractivity contribution in [3.8, 4) is 0 Å². The van der Waals surface area contributed by atoms with Crippen molar-refractivity contribution in [2.75, 3.05) is 0 Å². The number of carboxylic acids is 3. The fourth-order valence-corrected chi connectivity index (χ4v) is 0.536. The molecule has 0 atom stereocenters. The molecule has 0 saturated heterocycles. The summed E-state index contributed by atoms with van der Waals surface area (Å²) >= 11 is 0. The molecule has 0 aromatic rings. The van der Waals surface area contributed by atoms with Gasteiger partial charge in [-0.1, -0.05) is 6.08 Å². The van der Waals surface area contributed by atoms with E-state index in [4.69, 9.17) is 15.3 Å². The first-order valence-electron chi connectivity index (χ1n) is 2.73. The summed E-state index contributed by atoms with van der Waals surface area (Å²) in [5.74, 6) is -5.92. The first-order valence-corrected chi connectivity index (χ1v) is 2.73. The van der Waals surface area contributed by atoms with Crippen LogP contribution in [-0.4, -0.2) is 33.2 Å². The third kappa shape index (κ3) is 2.28. The molecule has 8 heteroatoms. The summed E-state index contributed by atoms with van der Waals surface area (Å²) in [6, 6.07) is 0. The number of aliphatic carboxylic acids is 3. The summed E-state index contributed by atoms with van der Waals surface area (Å²) in [6.07, 6.45) is 0.361. The zero-order valence-electron chi connectivity index (χ0n) is 7.27. The lowest BCUT2D eigenvalue weighted by Crippen LogP contribution is -2.44. The molecule has 0 amide bonds. The second kappa shape index (κ2) is 5.67. The minimum atomic E-state index is -2.94. The van der Waals surface area contributed by atoms with E-state index in [9.17, 15) is 14.4 Å². The van der Waals surface area contributed by atoms with Crippen molar-refractivity contribution in [3.05, 3.63) is 12.7 Å². The number of hydrogen-bond acceptors (Lipinski definition) is 5. The highest BCUT2D eigenvalue weighted by Gasteiger charge is 2.51. The average Bonchev–Trinajstić information content (AvgIpc) is 1.86. The lowest BCUT2D eigenvalue weighted by atomic mass is 9.89. The van der Waals surface area contributed by atoms with Crippen molar-refractivity contribution >= 4 is 17.9 Å². The van der Waals surface area contributed by atoms with Crippen LogP contribution in [0.25, 0.3) is 0 Å². The molecule has 0 fully saturated rings. The third-order valence-electron chi connectivity index (χ3n) is 1.32. The predicted molar refractivity (Wildman–Crippen MR) is 45.6 cm³/mol. The van der Waals surface area contributed by atoms with Crippen LogP contribution in [-0.2, 0) is 14.4 Å². The molecule has 0 aromatic carbocycles. The molecule has 0 aliphatic rings.